The molecule has 1 fully saturated rings. The maximum atomic E-state index is 12.1. The average molecular weight is 244 g/mol. The van der Waals surface area contributed by atoms with E-state index in [0.717, 1.165) is 0 Å². The second kappa shape index (κ2) is 5.86. The van der Waals surface area contributed by atoms with Crippen LogP contribution in [0.3, 0.4) is 0 Å². The van der Waals surface area contributed by atoms with Crippen LogP contribution in [0.4, 0.5) is 4.79 Å². The fourth-order valence-corrected chi connectivity index (χ4v) is 2.02. The molecule has 0 radical (unpaired) electrons. The highest BCUT2D eigenvalue weighted by Gasteiger charge is 2.39. The molecule has 2 amide bonds. The molecule has 1 heterocycles. The zero-order chi connectivity index (χ0) is 13.0. The number of carboxylic acids is 1. The summed E-state index contributed by atoms with van der Waals surface area (Å²) in [5.41, 5.74) is 0. The molecule has 0 aromatic rings. The molecule has 1 aliphatic rings. The normalized spacial score (nSPS) is 23.5. The smallest absolute Gasteiger partial charge is 0.320 e. The zero-order valence-electron chi connectivity index (χ0n) is 10.5. The molecule has 1 N–H and O–H groups in total. The Morgan fingerprint density at radius 3 is 2.35 bits per heavy atom. The van der Waals surface area contributed by atoms with E-state index in [2.05, 4.69) is 0 Å². The van der Waals surface area contributed by atoms with Crippen LogP contribution in [-0.4, -0.2) is 66.3 Å². The quantitative estimate of drug-likeness (QED) is 0.781. The van der Waals surface area contributed by atoms with Gasteiger partial charge in [-0.05, 0) is 13.8 Å². The average Bonchev–Trinajstić information content (AvgIpc) is 2.78. The first-order chi connectivity index (χ1) is 8.02. The molecule has 0 spiro atoms. The molecule has 17 heavy (non-hydrogen) atoms. The van der Waals surface area contributed by atoms with Crippen molar-refractivity contribution in [3.8, 4) is 0 Å². The molecule has 1 saturated heterocycles. The van der Waals surface area contributed by atoms with Crippen LogP contribution in [0.15, 0.2) is 0 Å². The summed E-state index contributed by atoms with van der Waals surface area (Å²) in [4.78, 5) is 26.2. The topological polar surface area (TPSA) is 70.1 Å². The fourth-order valence-electron chi connectivity index (χ4n) is 2.02. The number of nitrogens with zero attached hydrogens (tertiary/aromatic N) is 2. The van der Waals surface area contributed by atoms with Gasteiger partial charge in [-0.15, -0.1) is 0 Å². The van der Waals surface area contributed by atoms with Gasteiger partial charge in [0.25, 0.3) is 0 Å². The minimum absolute atomic E-state index is 0.142. The number of amides is 2. The summed E-state index contributed by atoms with van der Waals surface area (Å²) >= 11 is 0. The Morgan fingerprint density at radius 2 is 1.88 bits per heavy atom. The van der Waals surface area contributed by atoms with E-state index in [0.29, 0.717) is 19.7 Å². The van der Waals surface area contributed by atoms with Crippen LogP contribution in [0.1, 0.15) is 13.8 Å². The van der Waals surface area contributed by atoms with Crippen molar-refractivity contribution in [3.05, 3.63) is 0 Å². The Balaban J connectivity index is 2.71. The SMILES string of the molecule is CCN(CC)C(=O)N(C)C1COCC1C(=O)O. The molecular formula is C11H20N2O4. The molecule has 0 saturated carbocycles. The molecule has 2 atom stereocenters. The summed E-state index contributed by atoms with van der Waals surface area (Å²) in [6, 6.07) is -0.516. The van der Waals surface area contributed by atoms with Crippen LogP contribution < -0.4 is 0 Å². The number of carbonyl (C=O) groups is 2. The van der Waals surface area contributed by atoms with Crippen LogP contribution in [0.2, 0.25) is 0 Å². The lowest BCUT2D eigenvalue weighted by Gasteiger charge is -2.31. The minimum Gasteiger partial charge on any atom is -0.481 e. The molecule has 2 unspecified atom stereocenters. The van der Waals surface area contributed by atoms with Crippen molar-refractivity contribution in [2.24, 2.45) is 5.92 Å². The molecule has 1 aliphatic heterocycles. The summed E-state index contributed by atoms with van der Waals surface area (Å²) in [6.07, 6.45) is 0. The molecule has 0 aromatic heterocycles. The van der Waals surface area contributed by atoms with Crippen molar-refractivity contribution in [2.75, 3.05) is 33.4 Å². The number of hydrogen-bond donors (Lipinski definition) is 1. The number of rotatable bonds is 4. The molecular weight excluding hydrogens is 224 g/mol. The Labute approximate surface area is 101 Å². The lowest BCUT2D eigenvalue weighted by Crippen LogP contribution is -2.49. The highest BCUT2D eigenvalue weighted by Crippen LogP contribution is 2.20. The van der Waals surface area contributed by atoms with E-state index in [-0.39, 0.29) is 18.7 Å². The predicted molar refractivity (Wildman–Crippen MR) is 61.8 cm³/mol. The zero-order valence-corrected chi connectivity index (χ0v) is 10.5. The van der Waals surface area contributed by atoms with Crippen molar-refractivity contribution in [2.45, 2.75) is 19.9 Å². The summed E-state index contributed by atoms with van der Waals surface area (Å²) in [6.45, 7) is 5.50. The summed E-state index contributed by atoms with van der Waals surface area (Å²) in [7, 11) is 1.63. The first-order valence-corrected chi connectivity index (χ1v) is 5.85. The van der Waals surface area contributed by atoms with E-state index in [9.17, 15) is 9.59 Å². The molecule has 0 aromatic carbocycles. The molecule has 0 aliphatic carbocycles. The lowest BCUT2D eigenvalue weighted by atomic mass is 10.0. The van der Waals surface area contributed by atoms with Gasteiger partial charge < -0.3 is 19.6 Å². The maximum absolute atomic E-state index is 12.1. The van der Waals surface area contributed by atoms with E-state index in [1.54, 1.807) is 11.9 Å². The van der Waals surface area contributed by atoms with Gasteiger partial charge >= 0.3 is 12.0 Å². The Hall–Kier alpha value is -1.30. The van der Waals surface area contributed by atoms with Crippen molar-refractivity contribution in [1.29, 1.82) is 0 Å². The van der Waals surface area contributed by atoms with E-state index < -0.39 is 11.9 Å². The summed E-state index contributed by atoms with van der Waals surface area (Å²) in [5, 5.41) is 9.04. The molecule has 98 valence electrons. The van der Waals surface area contributed by atoms with Crippen LogP contribution in [0.25, 0.3) is 0 Å². The number of likely N-dealkylation sites (N-methyl/N-ethyl adjacent to an activating group) is 1. The van der Waals surface area contributed by atoms with Gasteiger partial charge in [-0.1, -0.05) is 0 Å². The lowest BCUT2D eigenvalue weighted by molar-refractivity contribution is -0.142. The third-order valence-corrected chi connectivity index (χ3v) is 3.20. The molecule has 6 nitrogen and oxygen atoms in total. The van der Waals surface area contributed by atoms with Crippen molar-refractivity contribution in [3.63, 3.8) is 0 Å². The number of hydrogen-bond acceptors (Lipinski definition) is 3. The van der Waals surface area contributed by atoms with Crippen LogP contribution in [0, 0.1) is 5.92 Å². The second-order valence-electron chi connectivity index (χ2n) is 4.12. The monoisotopic (exact) mass is 244 g/mol. The van der Waals surface area contributed by atoms with Crippen molar-refractivity contribution >= 4 is 12.0 Å². The van der Waals surface area contributed by atoms with Gasteiger partial charge in [0.05, 0.1) is 19.3 Å². The van der Waals surface area contributed by atoms with E-state index in [1.807, 2.05) is 13.8 Å². The van der Waals surface area contributed by atoms with Crippen LogP contribution in [0.5, 0.6) is 0 Å². The third-order valence-electron chi connectivity index (χ3n) is 3.20. The van der Waals surface area contributed by atoms with Gasteiger partial charge in [0, 0.05) is 20.1 Å². The predicted octanol–water partition coefficient (Wildman–Crippen LogP) is 0.480. The second-order valence-corrected chi connectivity index (χ2v) is 4.12. The molecule has 6 heteroatoms. The number of carbonyl (C=O) groups excluding carboxylic acids is 1. The summed E-state index contributed by atoms with van der Waals surface area (Å²) < 4.78 is 5.16. The van der Waals surface area contributed by atoms with E-state index in [1.165, 1.54) is 4.90 Å². The summed E-state index contributed by atoms with van der Waals surface area (Å²) in [5.74, 6) is -1.54. The van der Waals surface area contributed by atoms with E-state index >= 15 is 0 Å². The standard InChI is InChI=1S/C11H20N2O4/c1-4-13(5-2)11(16)12(3)9-7-17-6-8(9)10(14)15/h8-9H,4-7H2,1-3H3,(H,14,15). The Kier molecular flexibility index (Phi) is 4.74. The molecule has 0 bridgehead atoms. The highest BCUT2D eigenvalue weighted by atomic mass is 16.5. The van der Waals surface area contributed by atoms with Crippen LogP contribution in [-0.2, 0) is 9.53 Å². The van der Waals surface area contributed by atoms with Gasteiger partial charge in [-0.25, -0.2) is 4.79 Å². The number of carboxylic acid groups (broad SMARTS) is 1. The largest absolute Gasteiger partial charge is 0.481 e. The number of aliphatic carboxylic acids is 1. The van der Waals surface area contributed by atoms with Gasteiger partial charge in [0.1, 0.15) is 5.92 Å². The Morgan fingerprint density at radius 1 is 1.29 bits per heavy atom. The van der Waals surface area contributed by atoms with Gasteiger partial charge in [-0.2, -0.15) is 0 Å². The fraction of sp³-hybridized carbons (Fsp3) is 0.818. The van der Waals surface area contributed by atoms with E-state index in [4.69, 9.17) is 9.84 Å². The first kappa shape index (κ1) is 13.8. The molecule has 1 rings (SSSR count). The number of urea groups is 1. The van der Waals surface area contributed by atoms with Gasteiger partial charge in [0.15, 0.2) is 0 Å². The number of ether oxygens (including phenoxy) is 1. The first-order valence-electron chi connectivity index (χ1n) is 5.85. The van der Waals surface area contributed by atoms with Gasteiger partial charge in [0.2, 0.25) is 0 Å². The maximum Gasteiger partial charge on any atom is 0.320 e. The van der Waals surface area contributed by atoms with Crippen LogP contribution >= 0.6 is 0 Å². The van der Waals surface area contributed by atoms with Crippen molar-refractivity contribution < 1.29 is 19.4 Å². The minimum atomic E-state index is -0.910. The Bertz CT molecular complexity index is 291. The van der Waals surface area contributed by atoms with Crippen molar-refractivity contribution in [1.82, 2.24) is 9.80 Å². The highest BCUT2D eigenvalue weighted by molar-refractivity contribution is 5.77. The van der Waals surface area contributed by atoms with Gasteiger partial charge in [-0.3, -0.25) is 4.79 Å². The third kappa shape index (κ3) is 2.88.